The first kappa shape index (κ1) is 13.5. The number of hydrogen-bond donors (Lipinski definition) is 2. The molecule has 98 valence electrons. The van der Waals surface area contributed by atoms with Gasteiger partial charge in [0.25, 0.3) is 11.6 Å². The third-order valence-corrected chi connectivity index (χ3v) is 3.06. The molecule has 2 N–H and O–H groups in total. The number of H-pyrrole nitrogens is 1. The van der Waals surface area contributed by atoms with Crippen LogP contribution in [-0.2, 0) is 0 Å². The van der Waals surface area contributed by atoms with E-state index < -0.39 is 10.8 Å². The van der Waals surface area contributed by atoms with E-state index in [-0.39, 0.29) is 22.1 Å². The number of nitrogens with one attached hydrogen (secondary N) is 2. The average molecular weight is 346 g/mol. The van der Waals surface area contributed by atoms with Crippen molar-refractivity contribution in [2.24, 2.45) is 0 Å². The Morgan fingerprint density at radius 2 is 2.26 bits per heavy atom. The molecule has 19 heavy (non-hydrogen) atoms. The van der Waals surface area contributed by atoms with E-state index in [9.17, 15) is 14.9 Å². The molecule has 0 aliphatic heterocycles. The van der Waals surface area contributed by atoms with E-state index >= 15 is 0 Å². The number of rotatable bonds is 3. The quantitative estimate of drug-likeness (QED) is 0.659. The van der Waals surface area contributed by atoms with Crippen LogP contribution in [0.2, 0.25) is 5.02 Å². The van der Waals surface area contributed by atoms with Gasteiger partial charge in [0, 0.05) is 11.1 Å². The molecule has 0 bridgehead atoms. The highest BCUT2D eigenvalue weighted by molar-refractivity contribution is 9.10. The van der Waals surface area contributed by atoms with Gasteiger partial charge in [0.1, 0.15) is 11.4 Å². The molecule has 7 nitrogen and oxygen atoms in total. The van der Waals surface area contributed by atoms with Crippen molar-refractivity contribution < 1.29 is 9.72 Å². The summed E-state index contributed by atoms with van der Waals surface area (Å²) in [5.74, 6) is -0.546. The summed E-state index contributed by atoms with van der Waals surface area (Å²) < 4.78 is 0.460. The largest absolute Gasteiger partial charge is 0.315 e. The minimum atomic E-state index is -0.622. The maximum Gasteiger partial charge on any atom is 0.294 e. The van der Waals surface area contributed by atoms with Gasteiger partial charge in [-0.05, 0) is 28.1 Å². The van der Waals surface area contributed by atoms with E-state index in [4.69, 9.17) is 11.6 Å². The van der Waals surface area contributed by atoms with Crippen molar-refractivity contribution >= 4 is 44.8 Å². The number of benzene rings is 1. The van der Waals surface area contributed by atoms with Crippen molar-refractivity contribution in [3.63, 3.8) is 0 Å². The summed E-state index contributed by atoms with van der Waals surface area (Å²) in [7, 11) is 0. The van der Waals surface area contributed by atoms with Crippen molar-refractivity contribution in [2.75, 3.05) is 5.32 Å². The van der Waals surface area contributed by atoms with Crippen LogP contribution in [0, 0.1) is 10.1 Å². The molecule has 1 amide bonds. The van der Waals surface area contributed by atoms with E-state index in [0.29, 0.717) is 4.47 Å². The molecule has 0 aliphatic rings. The molecule has 0 saturated heterocycles. The lowest BCUT2D eigenvalue weighted by atomic mass is 10.2. The van der Waals surface area contributed by atoms with Crippen LogP contribution in [0.1, 0.15) is 10.5 Å². The van der Waals surface area contributed by atoms with E-state index in [1.807, 2.05) is 0 Å². The van der Waals surface area contributed by atoms with Gasteiger partial charge in [-0.25, -0.2) is 0 Å². The number of aromatic amines is 1. The van der Waals surface area contributed by atoms with E-state index in [0.717, 1.165) is 0 Å². The van der Waals surface area contributed by atoms with Gasteiger partial charge >= 0.3 is 0 Å². The van der Waals surface area contributed by atoms with Crippen molar-refractivity contribution in [3.05, 3.63) is 49.7 Å². The number of amides is 1. The SMILES string of the molecule is O=C(Nc1ccc(Cl)cc1[N+](=O)[O-])c1[nH]ncc1Br. The number of nitro groups is 1. The smallest absolute Gasteiger partial charge is 0.294 e. The topological polar surface area (TPSA) is 101 Å². The molecule has 1 heterocycles. The maximum absolute atomic E-state index is 11.9. The molecular formula is C10H6BrClN4O3. The molecule has 0 unspecified atom stereocenters. The van der Waals surface area contributed by atoms with Gasteiger partial charge in [0.05, 0.1) is 15.6 Å². The lowest BCUT2D eigenvalue weighted by Gasteiger charge is -2.05. The van der Waals surface area contributed by atoms with Crippen LogP contribution in [0.5, 0.6) is 0 Å². The van der Waals surface area contributed by atoms with Crippen molar-refractivity contribution in [1.82, 2.24) is 10.2 Å². The van der Waals surface area contributed by atoms with Gasteiger partial charge in [-0.3, -0.25) is 20.0 Å². The third kappa shape index (κ3) is 2.91. The first-order chi connectivity index (χ1) is 8.99. The molecule has 9 heteroatoms. The van der Waals surface area contributed by atoms with Gasteiger partial charge in [0.15, 0.2) is 0 Å². The summed E-state index contributed by atoms with van der Waals surface area (Å²) in [4.78, 5) is 22.1. The number of hydrogen-bond acceptors (Lipinski definition) is 4. The minimum Gasteiger partial charge on any atom is -0.315 e. The van der Waals surface area contributed by atoms with Gasteiger partial charge in [0.2, 0.25) is 0 Å². The Morgan fingerprint density at radius 1 is 1.53 bits per heavy atom. The molecule has 0 fully saturated rings. The number of aromatic nitrogens is 2. The fraction of sp³-hybridized carbons (Fsp3) is 0. The standard InChI is InChI=1S/C10H6BrClN4O3/c11-6-4-13-15-9(6)10(17)14-7-2-1-5(12)3-8(7)16(18)19/h1-4H,(H,13,15)(H,14,17). The Kier molecular flexibility index (Phi) is 3.82. The molecule has 0 saturated carbocycles. The molecule has 0 spiro atoms. The van der Waals surface area contributed by atoms with Gasteiger partial charge in [-0.15, -0.1) is 0 Å². The molecule has 1 aromatic carbocycles. The maximum atomic E-state index is 11.9. The fourth-order valence-corrected chi connectivity index (χ4v) is 1.91. The summed E-state index contributed by atoms with van der Waals surface area (Å²) in [6, 6.07) is 3.98. The second-order valence-corrected chi connectivity index (χ2v) is 4.76. The second kappa shape index (κ2) is 5.37. The van der Waals surface area contributed by atoms with E-state index in [1.165, 1.54) is 24.4 Å². The molecule has 0 aliphatic carbocycles. The monoisotopic (exact) mass is 344 g/mol. The zero-order chi connectivity index (χ0) is 14.0. The lowest BCUT2D eigenvalue weighted by Crippen LogP contribution is -2.14. The zero-order valence-electron chi connectivity index (χ0n) is 9.18. The number of carbonyl (C=O) groups excluding carboxylic acids is 1. The highest BCUT2D eigenvalue weighted by Crippen LogP contribution is 2.28. The van der Waals surface area contributed by atoms with E-state index in [2.05, 4.69) is 31.4 Å². The van der Waals surface area contributed by atoms with Crippen molar-refractivity contribution in [2.45, 2.75) is 0 Å². The molecule has 2 rings (SSSR count). The Balaban J connectivity index is 2.32. The highest BCUT2D eigenvalue weighted by atomic mass is 79.9. The Bertz CT molecular complexity index is 658. The van der Waals surface area contributed by atoms with E-state index in [1.54, 1.807) is 0 Å². The fourth-order valence-electron chi connectivity index (χ4n) is 1.38. The second-order valence-electron chi connectivity index (χ2n) is 3.47. The molecular weight excluding hydrogens is 339 g/mol. The van der Waals surface area contributed by atoms with Crippen LogP contribution in [0.25, 0.3) is 0 Å². The number of carbonyl (C=O) groups is 1. The summed E-state index contributed by atoms with van der Waals surface area (Å²) in [6.45, 7) is 0. The molecule has 1 aromatic heterocycles. The Hall–Kier alpha value is -1.93. The van der Waals surface area contributed by atoms with Crippen LogP contribution in [0.3, 0.4) is 0 Å². The number of anilines is 1. The number of nitrogens with zero attached hydrogens (tertiary/aromatic N) is 2. The average Bonchev–Trinajstić information content (AvgIpc) is 2.77. The van der Waals surface area contributed by atoms with Crippen LogP contribution >= 0.6 is 27.5 Å². The summed E-state index contributed by atoms with van der Waals surface area (Å²) in [6.07, 6.45) is 1.41. The predicted octanol–water partition coefficient (Wildman–Crippen LogP) is 2.99. The van der Waals surface area contributed by atoms with Gasteiger partial charge < -0.3 is 5.32 Å². The number of nitro benzene ring substituents is 1. The zero-order valence-corrected chi connectivity index (χ0v) is 11.5. The van der Waals surface area contributed by atoms with Gasteiger partial charge in [-0.1, -0.05) is 11.6 Å². The van der Waals surface area contributed by atoms with Crippen LogP contribution in [-0.4, -0.2) is 21.0 Å². The van der Waals surface area contributed by atoms with Crippen LogP contribution in [0.15, 0.2) is 28.9 Å². The Morgan fingerprint density at radius 3 is 2.84 bits per heavy atom. The molecule has 0 radical (unpaired) electrons. The van der Waals surface area contributed by atoms with Crippen LogP contribution in [0.4, 0.5) is 11.4 Å². The van der Waals surface area contributed by atoms with Crippen molar-refractivity contribution in [1.29, 1.82) is 0 Å². The molecule has 0 atom stereocenters. The summed E-state index contributed by atoms with van der Waals surface area (Å²) in [5.41, 5.74) is -0.0540. The van der Waals surface area contributed by atoms with Gasteiger partial charge in [-0.2, -0.15) is 5.10 Å². The normalized spacial score (nSPS) is 10.2. The highest BCUT2D eigenvalue weighted by Gasteiger charge is 2.19. The molecule has 2 aromatic rings. The minimum absolute atomic E-state index is 0.0564. The summed E-state index contributed by atoms with van der Waals surface area (Å²) in [5, 5.41) is 19.7. The van der Waals surface area contributed by atoms with Crippen molar-refractivity contribution in [3.8, 4) is 0 Å². The first-order valence-corrected chi connectivity index (χ1v) is 6.10. The summed E-state index contributed by atoms with van der Waals surface area (Å²) >= 11 is 8.81. The van der Waals surface area contributed by atoms with Crippen LogP contribution < -0.4 is 5.32 Å². The Labute approximate surface area is 120 Å². The predicted molar refractivity (Wildman–Crippen MR) is 72.3 cm³/mol. The third-order valence-electron chi connectivity index (χ3n) is 2.22. The lowest BCUT2D eigenvalue weighted by molar-refractivity contribution is -0.383. The first-order valence-electron chi connectivity index (χ1n) is 4.93. The number of halogens is 2.